The summed E-state index contributed by atoms with van der Waals surface area (Å²) in [5.74, 6) is -0.837. The van der Waals surface area contributed by atoms with Crippen molar-refractivity contribution >= 4 is 33.9 Å². The number of carboxylic acids is 1. The lowest BCUT2D eigenvalue weighted by Crippen LogP contribution is -2.07. The maximum atomic E-state index is 11.0. The molecule has 0 bridgehead atoms. The molecule has 2 aromatic rings. The lowest BCUT2D eigenvalue weighted by Gasteiger charge is -2.01. The van der Waals surface area contributed by atoms with Crippen molar-refractivity contribution in [2.24, 2.45) is 0 Å². The minimum atomic E-state index is -0.892. The van der Waals surface area contributed by atoms with Crippen molar-refractivity contribution in [1.82, 2.24) is 9.38 Å². The van der Waals surface area contributed by atoms with Crippen molar-refractivity contribution in [3.8, 4) is 0 Å². The first-order valence-electron chi connectivity index (χ1n) is 5.15. The Labute approximate surface area is 105 Å². The second-order valence-electron chi connectivity index (χ2n) is 3.52. The van der Waals surface area contributed by atoms with Gasteiger partial charge in [-0.15, -0.1) is 0 Å². The molecule has 18 heavy (non-hydrogen) atoms. The number of aliphatic carboxylic acids is 1. The molecule has 0 aliphatic carbocycles. The largest absolute Gasteiger partial charge is 0.481 e. The fourth-order valence-corrected chi connectivity index (χ4v) is 2.22. The Morgan fingerprint density at radius 3 is 3.11 bits per heavy atom. The van der Waals surface area contributed by atoms with Gasteiger partial charge in [0.25, 0.3) is 4.96 Å². The van der Waals surface area contributed by atoms with Crippen LogP contribution >= 0.6 is 11.3 Å². The van der Waals surface area contributed by atoms with Crippen LogP contribution in [0.5, 0.6) is 0 Å². The third kappa shape index (κ3) is 2.40. The number of anilines is 1. The fourth-order valence-electron chi connectivity index (χ4n) is 1.51. The summed E-state index contributed by atoms with van der Waals surface area (Å²) in [6.45, 7) is 0.331. The van der Waals surface area contributed by atoms with E-state index < -0.39 is 10.9 Å². The second-order valence-corrected chi connectivity index (χ2v) is 4.39. The molecule has 2 heterocycles. The normalized spacial score (nSPS) is 10.7. The van der Waals surface area contributed by atoms with E-state index in [1.165, 1.54) is 15.7 Å². The minimum absolute atomic E-state index is 0.0169. The van der Waals surface area contributed by atoms with Crippen LogP contribution in [0.4, 0.5) is 11.6 Å². The zero-order chi connectivity index (χ0) is 13.1. The van der Waals surface area contributed by atoms with Crippen molar-refractivity contribution < 1.29 is 14.8 Å². The summed E-state index contributed by atoms with van der Waals surface area (Å²) in [7, 11) is 0. The van der Waals surface area contributed by atoms with E-state index in [-0.39, 0.29) is 18.1 Å². The van der Waals surface area contributed by atoms with Gasteiger partial charge in [-0.2, -0.15) is 9.38 Å². The molecule has 0 radical (unpaired) electrons. The van der Waals surface area contributed by atoms with E-state index in [4.69, 9.17) is 5.11 Å². The highest BCUT2D eigenvalue weighted by molar-refractivity contribution is 7.15. The van der Waals surface area contributed by atoms with Gasteiger partial charge >= 0.3 is 11.8 Å². The van der Waals surface area contributed by atoms with Crippen LogP contribution in [-0.2, 0) is 4.79 Å². The number of nitrogens with one attached hydrogen (secondary N) is 1. The number of imidazole rings is 1. The second kappa shape index (κ2) is 5.00. The molecule has 8 nitrogen and oxygen atoms in total. The molecule has 96 valence electrons. The zero-order valence-corrected chi connectivity index (χ0v) is 10.0. The zero-order valence-electron chi connectivity index (χ0n) is 9.20. The topological polar surface area (TPSA) is 110 Å². The number of fused-ring (bicyclic) bond motifs is 1. The molecule has 0 saturated carbocycles. The van der Waals surface area contributed by atoms with E-state index in [9.17, 15) is 14.9 Å². The Hall–Kier alpha value is -2.16. The number of hydrogen-bond donors (Lipinski definition) is 2. The number of nitro groups is 1. The summed E-state index contributed by atoms with van der Waals surface area (Å²) in [6, 6.07) is 0. The quantitative estimate of drug-likeness (QED) is 0.468. The molecule has 9 heteroatoms. The summed E-state index contributed by atoms with van der Waals surface area (Å²) in [6.07, 6.45) is 1.98. The SMILES string of the molecule is O=C(O)CCCNc1nc2sccn2c1[N+](=O)[O-]. The number of carbonyl (C=O) groups is 1. The van der Waals surface area contributed by atoms with E-state index in [1.807, 2.05) is 0 Å². The number of rotatable bonds is 6. The molecule has 0 saturated heterocycles. The smallest absolute Gasteiger partial charge is 0.372 e. The van der Waals surface area contributed by atoms with Gasteiger partial charge in [-0.05, 0) is 11.3 Å². The van der Waals surface area contributed by atoms with Gasteiger partial charge in [0, 0.05) is 18.3 Å². The summed E-state index contributed by atoms with van der Waals surface area (Å²) >= 11 is 1.30. The maximum absolute atomic E-state index is 11.0. The Kier molecular flexibility index (Phi) is 3.42. The summed E-state index contributed by atoms with van der Waals surface area (Å²) in [5.41, 5.74) is 0. The molecule has 0 amide bonds. The third-order valence-electron chi connectivity index (χ3n) is 2.27. The van der Waals surface area contributed by atoms with Gasteiger partial charge < -0.3 is 20.5 Å². The van der Waals surface area contributed by atoms with Crippen LogP contribution in [0, 0.1) is 10.1 Å². The van der Waals surface area contributed by atoms with Gasteiger partial charge in [0.05, 0.1) is 0 Å². The van der Waals surface area contributed by atoms with Crippen molar-refractivity contribution in [3.63, 3.8) is 0 Å². The first-order chi connectivity index (χ1) is 8.59. The molecule has 2 N–H and O–H groups in total. The fraction of sp³-hybridized carbons (Fsp3) is 0.333. The highest BCUT2D eigenvalue weighted by Gasteiger charge is 2.22. The van der Waals surface area contributed by atoms with E-state index in [1.54, 1.807) is 11.6 Å². The van der Waals surface area contributed by atoms with Crippen molar-refractivity contribution in [1.29, 1.82) is 0 Å². The number of carboxylic acid groups (broad SMARTS) is 1. The van der Waals surface area contributed by atoms with Crippen LogP contribution in [0.3, 0.4) is 0 Å². The van der Waals surface area contributed by atoms with E-state index in [0.717, 1.165) is 0 Å². The van der Waals surface area contributed by atoms with Gasteiger partial charge in [0.2, 0.25) is 5.82 Å². The molecule has 2 rings (SSSR count). The highest BCUT2D eigenvalue weighted by atomic mass is 32.1. The van der Waals surface area contributed by atoms with Crippen LogP contribution in [0.15, 0.2) is 11.6 Å². The van der Waals surface area contributed by atoms with Crippen molar-refractivity contribution in [3.05, 3.63) is 21.7 Å². The predicted molar refractivity (Wildman–Crippen MR) is 65.1 cm³/mol. The lowest BCUT2D eigenvalue weighted by molar-refractivity contribution is -0.389. The summed E-state index contributed by atoms with van der Waals surface area (Å²) in [4.78, 5) is 25.4. The summed E-state index contributed by atoms with van der Waals surface area (Å²) < 4.78 is 1.39. The van der Waals surface area contributed by atoms with Crippen LogP contribution in [0.2, 0.25) is 0 Å². The Balaban J connectivity index is 2.12. The van der Waals surface area contributed by atoms with Crippen LogP contribution in [0.25, 0.3) is 4.96 Å². The highest BCUT2D eigenvalue weighted by Crippen LogP contribution is 2.27. The molecule has 0 aliphatic rings. The Morgan fingerprint density at radius 2 is 2.44 bits per heavy atom. The van der Waals surface area contributed by atoms with Crippen molar-refractivity contribution in [2.45, 2.75) is 12.8 Å². The number of nitrogens with zero attached hydrogens (tertiary/aromatic N) is 3. The van der Waals surface area contributed by atoms with Gasteiger partial charge in [-0.1, -0.05) is 11.3 Å². The molecule has 0 fully saturated rings. The average molecular weight is 270 g/mol. The molecular formula is C9H10N4O4S. The molecular weight excluding hydrogens is 260 g/mol. The number of hydrogen-bond acceptors (Lipinski definition) is 6. The third-order valence-corrected chi connectivity index (χ3v) is 3.03. The minimum Gasteiger partial charge on any atom is -0.481 e. The van der Waals surface area contributed by atoms with E-state index >= 15 is 0 Å². The molecule has 0 aliphatic heterocycles. The predicted octanol–water partition coefficient (Wildman–Crippen LogP) is 1.58. The molecule has 0 atom stereocenters. The maximum Gasteiger partial charge on any atom is 0.372 e. The first-order valence-corrected chi connectivity index (χ1v) is 6.03. The van der Waals surface area contributed by atoms with Crippen LogP contribution < -0.4 is 5.32 Å². The van der Waals surface area contributed by atoms with Crippen molar-refractivity contribution in [2.75, 3.05) is 11.9 Å². The monoisotopic (exact) mass is 270 g/mol. The lowest BCUT2D eigenvalue weighted by atomic mass is 10.3. The molecule has 0 aromatic carbocycles. The molecule has 0 spiro atoms. The van der Waals surface area contributed by atoms with E-state index in [0.29, 0.717) is 17.9 Å². The van der Waals surface area contributed by atoms with Crippen LogP contribution in [0.1, 0.15) is 12.8 Å². The first kappa shape index (κ1) is 12.3. The molecule has 0 unspecified atom stereocenters. The van der Waals surface area contributed by atoms with Gasteiger partial charge in [0.1, 0.15) is 6.20 Å². The van der Waals surface area contributed by atoms with Gasteiger partial charge in [0.15, 0.2) is 0 Å². The number of aromatic nitrogens is 2. The van der Waals surface area contributed by atoms with Crippen LogP contribution in [-0.4, -0.2) is 31.9 Å². The average Bonchev–Trinajstić information content (AvgIpc) is 2.82. The Bertz CT molecular complexity index is 590. The van der Waals surface area contributed by atoms with E-state index in [2.05, 4.69) is 10.3 Å². The molecule has 2 aromatic heterocycles. The summed E-state index contributed by atoms with van der Waals surface area (Å²) in [5, 5.41) is 23.9. The Morgan fingerprint density at radius 1 is 1.67 bits per heavy atom. The number of thiazole rings is 1. The van der Waals surface area contributed by atoms with Gasteiger partial charge in [-0.3, -0.25) is 4.79 Å². The standard InChI is InChI=1S/C9H10N4O4S/c14-6(15)2-1-3-10-7-8(13(16)17)12-4-5-18-9(12)11-7/h4-5,10H,1-3H2,(H,14,15). The van der Waals surface area contributed by atoms with Gasteiger partial charge in [-0.25, -0.2) is 0 Å².